The maximum atomic E-state index is 6.22. The topological polar surface area (TPSA) is 37.8 Å². The summed E-state index contributed by atoms with van der Waals surface area (Å²) in [4.78, 5) is 0. The number of alkyl halides is 1. The zero-order valence-corrected chi connectivity index (χ0v) is 11.2. The van der Waals surface area contributed by atoms with Crippen LogP contribution in [0.1, 0.15) is 32.2 Å². The second-order valence-corrected chi connectivity index (χ2v) is 6.67. The van der Waals surface area contributed by atoms with E-state index in [9.17, 15) is 0 Å². The molecular formula is C10H18ClN3S. The third-order valence-corrected chi connectivity index (χ3v) is 2.94. The van der Waals surface area contributed by atoms with Crippen LogP contribution in [-0.4, -0.2) is 22.1 Å². The van der Waals surface area contributed by atoms with Crippen LogP contribution >= 0.6 is 22.9 Å². The van der Waals surface area contributed by atoms with Crippen LogP contribution in [0, 0.1) is 12.3 Å². The fraction of sp³-hybridized carbons (Fsp3) is 0.800. The lowest BCUT2D eigenvalue weighted by molar-refractivity contribution is 0.373. The van der Waals surface area contributed by atoms with E-state index in [4.69, 9.17) is 11.6 Å². The van der Waals surface area contributed by atoms with E-state index < -0.39 is 0 Å². The predicted octanol–water partition coefficient (Wildman–Crippen LogP) is 3.30. The minimum atomic E-state index is 0.134. The molecule has 0 bridgehead atoms. The molecule has 0 amide bonds. The van der Waals surface area contributed by atoms with E-state index in [0.717, 1.165) is 23.1 Å². The zero-order chi connectivity index (χ0) is 11.5. The van der Waals surface area contributed by atoms with Gasteiger partial charge in [-0.05, 0) is 18.8 Å². The summed E-state index contributed by atoms with van der Waals surface area (Å²) in [6.45, 7) is 9.26. The van der Waals surface area contributed by atoms with E-state index >= 15 is 0 Å². The second kappa shape index (κ2) is 5.12. The Labute approximate surface area is 100 Å². The molecule has 1 aromatic heterocycles. The van der Waals surface area contributed by atoms with Crippen LogP contribution in [0.2, 0.25) is 0 Å². The minimum Gasteiger partial charge on any atom is -0.359 e. The van der Waals surface area contributed by atoms with Crippen LogP contribution in [0.4, 0.5) is 5.13 Å². The molecule has 1 N–H and O–H groups in total. The first-order valence-corrected chi connectivity index (χ1v) is 6.30. The number of halogens is 1. The molecule has 0 saturated carbocycles. The molecule has 0 aliphatic rings. The molecule has 15 heavy (non-hydrogen) atoms. The standard InChI is InChI=1S/C10H18ClN3S/c1-7-13-14-9(15-7)12-6-8(11)5-10(2,3)4/h8H,5-6H2,1-4H3,(H,12,14). The molecule has 0 aromatic carbocycles. The molecule has 0 fully saturated rings. The van der Waals surface area contributed by atoms with Crippen LogP contribution in [-0.2, 0) is 0 Å². The highest BCUT2D eigenvalue weighted by Crippen LogP contribution is 2.24. The fourth-order valence-corrected chi connectivity index (χ4v) is 2.44. The number of aromatic nitrogens is 2. The van der Waals surface area contributed by atoms with Crippen LogP contribution in [0.15, 0.2) is 0 Å². The summed E-state index contributed by atoms with van der Waals surface area (Å²) < 4.78 is 0. The molecule has 1 unspecified atom stereocenters. The maximum absolute atomic E-state index is 6.22. The van der Waals surface area contributed by atoms with Gasteiger partial charge >= 0.3 is 0 Å². The average molecular weight is 248 g/mol. The van der Waals surface area contributed by atoms with Gasteiger partial charge in [0.1, 0.15) is 5.01 Å². The number of anilines is 1. The van der Waals surface area contributed by atoms with Crippen LogP contribution in [0.25, 0.3) is 0 Å². The first-order chi connectivity index (χ1) is 6.87. The lowest BCUT2D eigenvalue weighted by Gasteiger charge is -2.21. The number of hydrogen-bond donors (Lipinski definition) is 1. The molecule has 5 heteroatoms. The van der Waals surface area contributed by atoms with Crippen molar-refractivity contribution in [3.05, 3.63) is 5.01 Å². The van der Waals surface area contributed by atoms with Crippen LogP contribution in [0.5, 0.6) is 0 Å². The molecular weight excluding hydrogens is 230 g/mol. The molecule has 3 nitrogen and oxygen atoms in total. The quantitative estimate of drug-likeness (QED) is 0.830. The molecule has 1 rings (SSSR count). The Morgan fingerprint density at radius 1 is 1.40 bits per heavy atom. The van der Waals surface area contributed by atoms with Crippen molar-refractivity contribution >= 4 is 28.1 Å². The van der Waals surface area contributed by atoms with Gasteiger partial charge in [0.2, 0.25) is 5.13 Å². The molecule has 1 aromatic rings. The summed E-state index contributed by atoms with van der Waals surface area (Å²) in [6.07, 6.45) is 0.985. The van der Waals surface area contributed by atoms with Gasteiger partial charge in [-0.3, -0.25) is 0 Å². The minimum absolute atomic E-state index is 0.134. The van der Waals surface area contributed by atoms with E-state index in [-0.39, 0.29) is 10.8 Å². The Morgan fingerprint density at radius 3 is 2.53 bits per heavy atom. The Morgan fingerprint density at radius 2 is 2.07 bits per heavy atom. The zero-order valence-electron chi connectivity index (χ0n) is 9.67. The van der Waals surface area contributed by atoms with Gasteiger partial charge in [0.25, 0.3) is 0 Å². The molecule has 0 aliphatic heterocycles. The van der Waals surface area contributed by atoms with Gasteiger partial charge in [0, 0.05) is 6.54 Å². The van der Waals surface area contributed by atoms with Gasteiger partial charge in [-0.2, -0.15) is 0 Å². The third kappa shape index (κ3) is 5.33. The predicted molar refractivity (Wildman–Crippen MR) is 66.8 cm³/mol. The van der Waals surface area contributed by atoms with Crippen LogP contribution in [0.3, 0.4) is 0 Å². The summed E-state index contributed by atoms with van der Waals surface area (Å²) in [5, 5.41) is 13.1. The van der Waals surface area contributed by atoms with E-state index in [1.807, 2.05) is 6.92 Å². The largest absolute Gasteiger partial charge is 0.359 e. The Balaban J connectivity index is 2.31. The van der Waals surface area contributed by atoms with Crippen molar-refractivity contribution in [2.75, 3.05) is 11.9 Å². The van der Waals surface area contributed by atoms with Crippen molar-refractivity contribution < 1.29 is 0 Å². The highest BCUT2D eigenvalue weighted by atomic mass is 35.5. The Hall–Kier alpha value is -0.350. The summed E-state index contributed by atoms with van der Waals surface area (Å²) in [5.41, 5.74) is 0.269. The van der Waals surface area contributed by atoms with Gasteiger partial charge < -0.3 is 5.32 Å². The van der Waals surface area contributed by atoms with Gasteiger partial charge in [0.05, 0.1) is 5.38 Å². The molecule has 1 heterocycles. The number of nitrogens with one attached hydrogen (secondary N) is 1. The number of hydrogen-bond acceptors (Lipinski definition) is 4. The lowest BCUT2D eigenvalue weighted by atomic mass is 9.90. The number of rotatable bonds is 4. The molecule has 0 saturated heterocycles. The van der Waals surface area contributed by atoms with Gasteiger partial charge in [0.15, 0.2) is 0 Å². The van der Waals surface area contributed by atoms with Crippen molar-refractivity contribution in [3.63, 3.8) is 0 Å². The summed E-state index contributed by atoms with van der Waals surface area (Å²) in [7, 11) is 0. The smallest absolute Gasteiger partial charge is 0.205 e. The third-order valence-electron chi connectivity index (χ3n) is 1.83. The van der Waals surface area contributed by atoms with Gasteiger partial charge in [-0.1, -0.05) is 32.1 Å². The summed E-state index contributed by atoms with van der Waals surface area (Å²) in [5.74, 6) is 0. The summed E-state index contributed by atoms with van der Waals surface area (Å²) in [6, 6.07) is 0. The molecule has 0 spiro atoms. The SMILES string of the molecule is Cc1nnc(NCC(Cl)CC(C)(C)C)s1. The number of aryl methyl sites for hydroxylation is 1. The van der Waals surface area contributed by atoms with E-state index in [1.54, 1.807) is 11.3 Å². The Bertz CT molecular complexity index is 306. The number of nitrogens with zero attached hydrogens (tertiary/aromatic N) is 2. The fourth-order valence-electron chi connectivity index (χ4n) is 1.30. The van der Waals surface area contributed by atoms with Crippen molar-refractivity contribution in [1.82, 2.24) is 10.2 Å². The molecule has 1 atom stereocenters. The monoisotopic (exact) mass is 247 g/mol. The van der Waals surface area contributed by atoms with Crippen molar-refractivity contribution in [1.29, 1.82) is 0 Å². The maximum Gasteiger partial charge on any atom is 0.205 e. The van der Waals surface area contributed by atoms with Crippen molar-refractivity contribution in [2.45, 2.75) is 39.5 Å². The first kappa shape index (κ1) is 12.7. The molecule has 0 aliphatic carbocycles. The lowest BCUT2D eigenvalue weighted by Crippen LogP contribution is -2.20. The highest BCUT2D eigenvalue weighted by Gasteiger charge is 2.16. The van der Waals surface area contributed by atoms with Crippen molar-refractivity contribution in [3.8, 4) is 0 Å². The average Bonchev–Trinajstić information content (AvgIpc) is 2.45. The molecule has 86 valence electrons. The highest BCUT2D eigenvalue weighted by molar-refractivity contribution is 7.15. The van der Waals surface area contributed by atoms with Gasteiger partial charge in [-0.15, -0.1) is 21.8 Å². The van der Waals surface area contributed by atoms with E-state index in [0.29, 0.717) is 0 Å². The van der Waals surface area contributed by atoms with Gasteiger partial charge in [-0.25, -0.2) is 0 Å². The van der Waals surface area contributed by atoms with Crippen LogP contribution < -0.4 is 5.32 Å². The molecule has 0 radical (unpaired) electrons. The van der Waals surface area contributed by atoms with E-state index in [2.05, 4.69) is 36.3 Å². The Kier molecular flexibility index (Phi) is 4.34. The normalized spacial score (nSPS) is 13.9. The summed E-state index contributed by atoms with van der Waals surface area (Å²) >= 11 is 7.77. The van der Waals surface area contributed by atoms with Crippen molar-refractivity contribution in [2.24, 2.45) is 5.41 Å². The van der Waals surface area contributed by atoms with E-state index in [1.165, 1.54) is 0 Å². The first-order valence-electron chi connectivity index (χ1n) is 5.05. The second-order valence-electron chi connectivity index (χ2n) is 4.87.